The zero-order valence-corrected chi connectivity index (χ0v) is 27.5. The summed E-state index contributed by atoms with van der Waals surface area (Å²) in [4.78, 5) is 12.8. The Morgan fingerprint density at radius 1 is 0.889 bits per heavy atom. The topological polar surface area (TPSA) is 55.8 Å². The molecule has 0 unspecified atom stereocenters. The lowest BCUT2D eigenvalue weighted by Gasteiger charge is -2.39. The molecule has 0 aliphatic rings. The van der Waals surface area contributed by atoms with E-state index in [4.69, 9.17) is 8.85 Å². The van der Waals surface area contributed by atoms with Crippen LogP contribution in [0.3, 0.4) is 0 Å². The first-order chi connectivity index (χ1) is 16.1. The van der Waals surface area contributed by atoms with Gasteiger partial charge in [0.05, 0.1) is 0 Å². The number of aromatic hydroxyl groups is 1. The first kappa shape index (κ1) is 32.2. The Bertz CT molecular complexity index is 999. The molecular formula is C30H52O4Si2. The van der Waals surface area contributed by atoms with Gasteiger partial charge in [0, 0.05) is 11.6 Å². The standard InChI is InChI=1S/C30H52O4Si2/c1-21(2)16-15-17-22(3)18-19-24-26(33-35(11,12)29(5,6)7)20-25(32)27(23(4)31)28(24)34-36(13,14)30(8,9)10/h16,18,20,32H,15,17,19H2,1-14H3/b22-18+. The first-order valence-corrected chi connectivity index (χ1v) is 19.0. The number of carbonyl (C=O) groups is 1. The molecule has 0 bridgehead atoms. The molecule has 1 aromatic rings. The second-order valence-corrected chi connectivity index (χ2v) is 22.9. The molecule has 0 spiro atoms. The van der Waals surface area contributed by atoms with Gasteiger partial charge in [-0.1, -0.05) is 64.8 Å². The smallest absolute Gasteiger partial charge is 0.250 e. The molecule has 4 nitrogen and oxygen atoms in total. The summed E-state index contributed by atoms with van der Waals surface area (Å²) >= 11 is 0. The van der Waals surface area contributed by atoms with Gasteiger partial charge in [-0.2, -0.15) is 0 Å². The largest absolute Gasteiger partial charge is 0.543 e. The van der Waals surface area contributed by atoms with Gasteiger partial charge < -0.3 is 14.0 Å². The second kappa shape index (κ2) is 11.7. The number of hydrogen-bond donors (Lipinski definition) is 1. The summed E-state index contributed by atoms with van der Waals surface area (Å²) in [5, 5.41) is 11.0. The van der Waals surface area contributed by atoms with Gasteiger partial charge in [-0.05, 0) is 83.2 Å². The highest BCUT2D eigenvalue weighted by Crippen LogP contribution is 2.47. The van der Waals surface area contributed by atoms with Crippen molar-refractivity contribution >= 4 is 22.4 Å². The predicted molar refractivity (Wildman–Crippen MR) is 160 cm³/mol. The van der Waals surface area contributed by atoms with Crippen molar-refractivity contribution in [1.82, 2.24) is 0 Å². The molecule has 0 radical (unpaired) electrons. The van der Waals surface area contributed by atoms with Gasteiger partial charge >= 0.3 is 0 Å². The van der Waals surface area contributed by atoms with Crippen molar-refractivity contribution in [2.24, 2.45) is 0 Å². The third-order valence-electron chi connectivity index (χ3n) is 7.76. The van der Waals surface area contributed by atoms with Crippen LogP contribution in [-0.2, 0) is 6.42 Å². The van der Waals surface area contributed by atoms with E-state index >= 15 is 0 Å². The molecule has 6 heteroatoms. The lowest BCUT2D eigenvalue weighted by atomic mass is 9.99. The van der Waals surface area contributed by atoms with Gasteiger partial charge in [-0.3, -0.25) is 4.79 Å². The monoisotopic (exact) mass is 532 g/mol. The van der Waals surface area contributed by atoms with E-state index < -0.39 is 16.6 Å². The van der Waals surface area contributed by atoms with Crippen molar-refractivity contribution in [2.45, 2.75) is 125 Å². The molecular weight excluding hydrogens is 480 g/mol. The highest BCUT2D eigenvalue weighted by molar-refractivity contribution is 6.75. The Labute approximate surface area is 223 Å². The lowest BCUT2D eigenvalue weighted by Crippen LogP contribution is -2.45. The number of phenols is 1. The molecule has 0 amide bonds. The third kappa shape index (κ3) is 8.37. The highest BCUT2D eigenvalue weighted by Gasteiger charge is 2.42. The zero-order valence-electron chi connectivity index (χ0n) is 25.5. The fourth-order valence-electron chi connectivity index (χ4n) is 3.20. The minimum atomic E-state index is -2.32. The van der Waals surface area contributed by atoms with Gasteiger partial charge in [0.25, 0.3) is 8.32 Å². The minimum absolute atomic E-state index is 0.0182. The average Bonchev–Trinajstić information content (AvgIpc) is 2.64. The Morgan fingerprint density at radius 3 is 1.83 bits per heavy atom. The van der Waals surface area contributed by atoms with Crippen LogP contribution >= 0.6 is 0 Å². The van der Waals surface area contributed by atoms with Gasteiger partial charge in [0.2, 0.25) is 8.32 Å². The summed E-state index contributed by atoms with van der Waals surface area (Å²) in [6, 6.07) is 1.64. The number of ketones is 1. The average molecular weight is 533 g/mol. The fraction of sp³-hybridized carbons (Fsp3) is 0.633. The van der Waals surface area contributed by atoms with Crippen molar-refractivity contribution < 1.29 is 18.8 Å². The van der Waals surface area contributed by atoms with E-state index in [2.05, 4.69) is 101 Å². The summed E-state index contributed by atoms with van der Waals surface area (Å²) in [5.74, 6) is 0.853. The van der Waals surface area contributed by atoms with Crippen molar-refractivity contribution in [3.05, 3.63) is 40.5 Å². The maximum Gasteiger partial charge on any atom is 0.250 e. The number of carbonyl (C=O) groups excluding carboxylic acids is 1. The molecule has 0 aromatic heterocycles. The molecule has 0 fully saturated rings. The summed E-state index contributed by atoms with van der Waals surface area (Å²) in [7, 11) is -4.54. The molecule has 1 N–H and O–H groups in total. The number of benzene rings is 1. The zero-order chi connectivity index (χ0) is 28.3. The van der Waals surface area contributed by atoms with E-state index in [1.165, 1.54) is 18.1 Å². The van der Waals surface area contributed by atoms with Crippen LogP contribution in [0.25, 0.3) is 0 Å². The minimum Gasteiger partial charge on any atom is -0.543 e. The molecule has 0 heterocycles. The molecule has 0 atom stereocenters. The number of rotatable bonds is 10. The third-order valence-corrected chi connectivity index (χ3v) is 16.4. The van der Waals surface area contributed by atoms with Crippen molar-refractivity contribution in [3.8, 4) is 17.2 Å². The van der Waals surface area contributed by atoms with Gasteiger partial charge in [0.1, 0.15) is 22.8 Å². The quantitative estimate of drug-likeness (QED) is 0.185. The van der Waals surface area contributed by atoms with E-state index in [9.17, 15) is 9.90 Å². The number of allylic oxidation sites excluding steroid dienone is 4. The molecule has 1 rings (SSSR count). The van der Waals surface area contributed by atoms with E-state index in [-0.39, 0.29) is 27.2 Å². The lowest BCUT2D eigenvalue weighted by molar-refractivity contribution is 0.101. The fourth-order valence-corrected chi connectivity index (χ4v) is 5.28. The molecule has 0 aliphatic carbocycles. The van der Waals surface area contributed by atoms with Gasteiger partial charge in [-0.25, -0.2) is 0 Å². The molecule has 0 saturated carbocycles. The van der Waals surface area contributed by atoms with Crippen LogP contribution in [-0.4, -0.2) is 27.5 Å². The number of phenolic OH excluding ortho intramolecular Hbond substituents is 1. The molecule has 0 aliphatic heterocycles. The summed E-state index contributed by atoms with van der Waals surface area (Å²) < 4.78 is 13.6. The number of Topliss-reactive ketones (excluding diaryl/α,β-unsaturated/α-hetero) is 1. The second-order valence-electron chi connectivity index (χ2n) is 13.4. The van der Waals surface area contributed by atoms with Crippen molar-refractivity contribution in [3.63, 3.8) is 0 Å². The summed E-state index contributed by atoms with van der Waals surface area (Å²) in [5.41, 5.74) is 3.71. The number of hydrogen-bond acceptors (Lipinski definition) is 4. The van der Waals surface area contributed by atoms with Crippen molar-refractivity contribution in [1.29, 1.82) is 0 Å². The normalized spacial score (nSPS) is 13.4. The van der Waals surface area contributed by atoms with Gasteiger partial charge in [0.15, 0.2) is 5.78 Å². The van der Waals surface area contributed by atoms with Crippen LogP contribution in [0.2, 0.25) is 36.3 Å². The molecule has 36 heavy (non-hydrogen) atoms. The Kier molecular flexibility index (Phi) is 10.5. The van der Waals surface area contributed by atoms with E-state index in [0.29, 0.717) is 17.9 Å². The van der Waals surface area contributed by atoms with E-state index in [0.717, 1.165) is 18.4 Å². The Morgan fingerprint density at radius 2 is 1.39 bits per heavy atom. The molecule has 204 valence electrons. The maximum absolute atomic E-state index is 12.8. The van der Waals surface area contributed by atoms with Crippen LogP contribution in [0.5, 0.6) is 17.2 Å². The molecule has 1 aromatic carbocycles. The van der Waals surface area contributed by atoms with Crippen molar-refractivity contribution in [2.75, 3.05) is 0 Å². The maximum atomic E-state index is 12.8. The van der Waals surface area contributed by atoms with Crippen LogP contribution in [0.15, 0.2) is 29.4 Å². The van der Waals surface area contributed by atoms with Crippen LogP contribution in [0.4, 0.5) is 0 Å². The SMILES string of the molecule is CC(=O)c1c(O)cc(O[Si](C)(C)C(C)(C)C)c(C/C=C(\C)CCC=C(C)C)c1O[Si](C)(C)C(C)(C)C. The summed E-state index contributed by atoms with van der Waals surface area (Å²) in [6.07, 6.45) is 7.02. The van der Waals surface area contributed by atoms with Crippen LogP contribution < -0.4 is 8.85 Å². The molecule has 0 saturated heterocycles. The highest BCUT2D eigenvalue weighted by atomic mass is 28.4. The van der Waals surface area contributed by atoms with E-state index in [1.54, 1.807) is 6.07 Å². The Hall–Kier alpha value is -1.80. The van der Waals surface area contributed by atoms with Gasteiger partial charge in [-0.15, -0.1) is 0 Å². The predicted octanol–water partition coefficient (Wildman–Crippen LogP) is 9.60. The first-order valence-electron chi connectivity index (χ1n) is 13.2. The summed E-state index contributed by atoms with van der Waals surface area (Å²) in [6.45, 7) is 29.7. The van der Waals surface area contributed by atoms with Crippen LogP contribution in [0.1, 0.15) is 98.0 Å². The Balaban J connectivity index is 3.82. The van der Waals surface area contributed by atoms with E-state index in [1.807, 2.05) is 0 Å². The van der Waals surface area contributed by atoms with Crippen LogP contribution in [0, 0.1) is 0 Å².